The van der Waals surface area contributed by atoms with Gasteiger partial charge in [0, 0.05) is 0 Å². The summed E-state index contributed by atoms with van der Waals surface area (Å²) in [5.41, 5.74) is -0.0959. The molecule has 0 saturated heterocycles. The number of hydrogen-bond donors (Lipinski definition) is 0. The summed E-state index contributed by atoms with van der Waals surface area (Å²) in [6.07, 6.45) is 0. The fourth-order valence-corrected chi connectivity index (χ4v) is 1.40. The van der Waals surface area contributed by atoms with Crippen LogP contribution in [-0.4, -0.2) is 12.7 Å². The number of ether oxygens (including phenoxy) is 2. The Hall–Kier alpha value is -1.96. The minimum atomic E-state index is -0.0959. The van der Waals surface area contributed by atoms with Gasteiger partial charge < -0.3 is 9.47 Å². The van der Waals surface area contributed by atoms with Gasteiger partial charge in [-0.05, 0) is 45.0 Å². The van der Waals surface area contributed by atoms with E-state index in [1.165, 1.54) is 0 Å². The Balaban J connectivity index is 0.000000200. The summed E-state index contributed by atoms with van der Waals surface area (Å²) in [4.78, 5) is 0. The van der Waals surface area contributed by atoms with Crippen LogP contribution in [0.15, 0.2) is 60.7 Å². The lowest BCUT2D eigenvalue weighted by atomic mass is 10.2. The summed E-state index contributed by atoms with van der Waals surface area (Å²) in [5, 5.41) is 0. The van der Waals surface area contributed by atoms with Crippen molar-refractivity contribution in [3.8, 4) is 11.5 Å². The molecule has 2 heteroatoms. The molecule has 0 heterocycles. The Morgan fingerprint density at radius 3 is 1.42 bits per heavy atom. The lowest BCUT2D eigenvalue weighted by Crippen LogP contribution is -2.22. The van der Waals surface area contributed by atoms with Crippen molar-refractivity contribution in [2.24, 2.45) is 0 Å². The van der Waals surface area contributed by atoms with E-state index in [9.17, 15) is 0 Å². The van der Waals surface area contributed by atoms with Crippen molar-refractivity contribution in [3.05, 3.63) is 60.7 Å². The molecule has 0 aliphatic carbocycles. The molecule has 102 valence electrons. The molecule has 0 fully saturated rings. The molecule has 0 saturated carbocycles. The Labute approximate surface area is 116 Å². The van der Waals surface area contributed by atoms with E-state index in [4.69, 9.17) is 9.47 Å². The summed E-state index contributed by atoms with van der Waals surface area (Å²) in [6.45, 7) is 6.12. The van der Waals surface area contributed by atoms with E-state index in [1.807, 2.05) is 81.4 Å². The molecular formula is C17H22O2. The molecule has 2 nitrogen and oxygen atoms in total. The van der Waals surface area contributed by atoms with Crippen molar-refractivity contribution in [1.82, 2.24) is 0 Å². The van der Waals surface area contributed by atoms with Gasteiger partial charge >= 0.3 is 0 Å². The van der Waals surface area contributed by atoms with Gasteiger partial charge in [0.15, 0.2) is 0 Å². The molecule has 0 N–H and O–H groups in total. The van der Waals surface area contributed by atoms with Crippen LogP contribution >= 0.6 is 0 Å². The molecule has 0 spiro atoms. The van der Waals surface area contributed by atoms with Crippen molar-refractivity contribution in [2.75, 3.05) is 7.11 Å². The van der Waals surface area contributed by atoms with E-state index in [-0.39, 0.29) is 5.60 Å². The van der Waals surface area contributed by atoms with E-state index in [0.717, 1.165) is 11.5 Å². The number of benzene rings is 2. The van der Waals surface area contributed by atoms with E-state index in [1.54, 1.807) is 7.11 Å². The van der Waals surface area contributed by atoms with Crippen molar-refractivity contribution >= 4 is 0 Å². The molecule has 0 aliphatic rings. The number of para-hydroxylation sites is 2. The van der Waals surface area contributed by atoms with Gasteiger partial charge in [0.05, 0.1) is 7.11 Å². The summed E-state index contributed by atoms with van der Waals surface area (Å²) >= 11 is 0. The molecule has 19 heavy (non-hydrogen) atoms. The van der Waals surface area contributed by atoms with Gasteiger partial charge in [-0.3, -0.25) is 0 Å². The SMILES string of the molecule is CC(C)(C)Oc1ccccc1.COc1ccccc1. The minimum absolute atomic E-state index is 0.0959. The maximum Gasteiger partial charge on any atom is 0.120 e. The summed E-state index contributed by atoms with van der Waals surface area (Å²) in [6, 6.07) is 19.5. The van der Waals surface area contributed by atoms with Gasteiger partial charge in [-0.1, -0.05) is 36.4 Å². The summed E-state index contributed by atoms with van der Waals surface area (Å²) in [5.74, 6) is 1.84. The topological polar surface area (TPSA) is 18.5 Å². The predicted molar refractivity (Wildman–Crippen MR) is 79.8 cm³/mol. The zero-order valence-electron chi connectivity index (χ0n) is 12.1. The highest BCUT2D eigenvalue weighted by Crippen LogP contribution is 2.16. The molecule has 0 aromatic heterocycles. The number of rotatable bonds is 2. The van der Waals surface area contributed by atoms with Crippen LogP contribution in [0, 0.1) is 0 Å². The first kappa shape index (κ1) is 15.1. The lowest BCUT2D eigenvalue weighted by Gasteiger charge is -2.20. The van der Waals surface area contributed by atoms with E-state index in [2.05, 4.69) is 0 Å². The Morgan fingerprint density at radius 1 is 0.684 bits per heavy atom. The second-order valence-corrected chi connectivity index (χ2v) is 5.04. The van der Waals surface area contributed by atoms with E-state index < -0.39 is 0 Å². The highest BCUT2D eigenvalue weighted by Gasteiger charge is 2.10. The van der Waals surface area contributed by atoms with Crippen LogP contribution < -0.4 is 9.47 Å². The third kappa shape index (κ3) is 7.14. The molecule has 0 bridgehead atoms. The Kier molecular flexibility index (Phi) is 5.94. The van der Waals surface area contributed by atoms with Crippen LogP contribution in [0.3, 0.4) is 0 Å². The highest BCUT2D eigenvalue weighted by molar-refractivity contribution is 5.21. The average molecular weight is 258 g/mol. The molecular weight excluding hydrogens is 236 g/mol. The smallest absolute Gasteiger partial charge is 0.120 e. The zero-order chi connectivity index (χ0) is 14.1. The number of methoxy groups -OCH3 is 1. The van der Waals surface area contributed by atoms with Crippen LogP contribution in [0.4, 0.5) is 0 Å². The van der Waals surface area contributed by atoms with Gasteiger partial charge in [-0.15, -0.1) is 0 Å². The van der Waals surface area contributed by atoms with Crippen LogP contribution in [0.25, 0.3) is 0 Å². The maximum atomic E-state index is 5.60. The quantitative estimate of drug-likeness (QED) is 0.786. The van der Waals surface area contributed by atoms with Crippen LogP contribution in [0.5, 0.6) is 11.5 Å². The Morgan fingerprint density at radius 2 is 1.11 bits per heavy atom. The molecule has 0 amide bonds. The number of hydrogen-bond acceptors (Lipinski definition) is 2. The largest absolute Gasteiger partial charge is 0.497 e. The van der Waals surface area contributed by atoms with Gasteiger partial charge in [0.1, 0.15) is 17.1 Å². The molecule has 2 aromatic carbocycles. The normalized spacial score (nSPS) is 10.1. The second-order valence-electron chi connectivity index (χ2n) is 5.04. The third-order valence-electron chi connectivity index (χ3n) is 2.15. The van der Waals surface area contributed by atoms with Crippen molar-refractivity contribution < 1.29 is 9.47 Å². The van der Waals surface area contributed by atoms with Gasteiger partial charge in [-0.25, -0.2) is 0 Å². The van der Waals surface area contributed by atoms with Crippen molar-refractivity contribution in [2.45, 2.75) is 26.4 Å². The van der Waals surface area contributed by atoms with Crippen molar-refractivity contribution in [3.63, 3.8) is 0 Å². The fraction of sp³-hybridized carbons (Fsp3) is 0.294. The van der Waals surface area contributed by atoms with Gasteiger partial charge in [-0.2, -0.15) is 0 Å². The summed E-state index contributed by atoms with van der Waals surface area (Å²) in [7, 11) is 1.66. The first-order valence-corrected chi connectivity index (χ1v) is 6.34. The molecule has 0 radical (unpaired) electrons. The first-order chi connectivity index (χ1) is 9.01. The molecule has 2 rings (SSSR count). The van der Waals surface area contributed by atoms with Crippen molar-refractivity contribution in [1.29, 1.82) is 0 Å². The van der Waals surface area contributed by atoms with Gasteiger partial charge in [0.25, 0.3) is 0 Å². The van der Waals surface area contributed by atoms with Crippen LogP contribution in [0.1, 0.15) is 20.8 Å². The lowest BCUT2D eigenvalue weighted by molar-refractivity contribution is 0.131. The third-order valence-corrected chi connectivity index (χ3v) is 2.15. The Bertz CT molecular complexity index is 444. The molecule has 0 aliphatic heterocycles. The van der Waals surface area contributed by atoms with Gasteiger partial charge in [0.2, 0.25) is 0 Å². The minimum Gasteiger partial charge on any atom is -0.497 e. The first-order valence-electron chi connectivity index (χ1n) is 6.34. The molecule has 0 atom stereocenters. The van der Waals surface area contributed by atoms with E-state index in [0.29, 0.717) is 0 Å². The maximum absolute atomic E-state index is 5.60. The summed E-state index contributed by atoms with van der Waals surface area (Å²) < 4.78 is 10.5. The second kappa shape index (κ2) is 7.47. The highest BCUT2D eigenvalue weighted by atomic mass is 16.5. The molecule has 2 aromatic rings. The van der Waals surface area contributed by atoms with Crippen LogP contribution in [0.2, 0.25) is 0 Å². The van der Waals surface area contributed by atoms with Crippen LogP contribution in [-0.2, 0) is 0 Å². The zero-order valence-corrected chi connectivity index (χ0v) is 12.1. The van der Waals surface area contributed by atoms with E-state index >= 15 is 0 Å². The average Bonchev–Trinajstić information content (AvgIpc) is 2.40. The molecule has 0 unspecified atom stereocenters. The predicted octanol–water partition coefficient (Wildman–Crippen LogP) is 4.56. The monoisotopic (exact) mass is 258 g/mol. The fourth-order valence-electron chi connectivity index (χ4n) is 1.40. The standard InChI is InChI=1S/C10H14O.C7H8O/c1-10(2,3)11-9-7-5-4-6-8-9;1-8-7-5-3-2-4-6-7/h4-8H,1-3H3;2-6H,1H3.